The average molecular weight is 293 g/mol. The lowest BCUT2D eigenvalue weighted by molar-refractivity contribution is -0.131. The van der Waals surface area contributed by atoms with Crippen LogP contribution in [0.4, 0.5) is 0 Å². The van der Waals surface area contributed by atoms with E-state index in [9.17, 15) is 9.59 Å². The molecule has 0 aliphatic carbocycles. The quantitative estimate of drug-likeness (QED) is 0.819. The zero-order chi connectivity index (χ0) is 15.1. The number of carbonyl (C=O) groups excluding carboxylic acids is 1. The molecule has 1 rings (SSSR count). The summed E-state index contributed by atoms with van der Waals surface area (Å²) in [7, 11) is 1.78. The average Bonchev–Trinajstić information content (AvgIpc) is 2.44. The van der Waals surface area contributed by atoms with Gasteiger partial charge in [-0.1, -0.05) is 12.1 Å². The highest BCUT2D eigenvalue weighted by Crippen LogP contribution is 2.12. The number of aliphatic carboxylic acids is 1. The van der Waals surface area contributed by atoms with Crippen molar-refractivity contribution >= 4 is 29.7 Å². The second kappa shape index (κ2) is 7.75. The van der Waals surface area contributed by atoms with E-state index in [2.05, 4.69) is 0 Å². The smallest absolute Gasteiger partial charge is 0.328 e. The molecule has 20 heavy (non-hydrogen) atoms. The van der Waals surface area contributed by atoms with Crippen molar-refractivity contribution < 1.29 is 14.7 Å². The molecule has 4 nitrogen and oxygen atoms in total. The first-order chi connectivity index (χ1) is 9.45. The summed E-state index contributed by atoms with van der Waals surface area (Å²) in [6.07, 6.45) is 4.54. The minimum absolute atomic E-state index is 0.0582. The molecule has 0 aromatic heterocycles. The first kappa shape index (κ1) is 16.3. The van der Waals surface area contributed by atoms with Crippen LogP contribution in [-0.2, 0) is 4.79 Å². The van der Waals surface area contributed by atoms with E-state index >= 15 is 0 Å². The molecule has 108 valence electrons. The number of carboxylic acids is 1. The fourth-order valence-electron chi connectivity index (χ4n) is 1.70. The molecule has 0 spiro atoms. The standard InChI is InChI=1S/C15H19NO3S/c1-11(10-20-3)16(2)15(19)13-6-4-5-12(9-13)7-8-14(17)18/h4-9,11H,10H2,1-3H3,(H,17,18)/b8-7+. The van der Waals surface area contributed by atoms with Gasteiger partial charge in [0.15, 0.2) is 0 Å². The van der Waals surface area contributed by atoms with Gasteiger partial charge in [0, 0.05) is 30.5 Å². The molecule has 0 aliphatic heterocycles. The van der Waals surface area contributed by atoms with Crippen LogP contribution in [0.15, 0.2) is 30.3 Å². The fraction of sp³-hybridized carbons (Fsp3) is 0.333. The van der Waals surface area contributed by atoms with Gasteiger partial charge in [0.05, 0.1) is 0 Å². The predicted molar refractivity (Wildman–Crippen MR) is 83.0 cm³/mol. The summed E-state index contributed by atoms with van der Waals surface area (Å²) >= 11 is 1.69. The molecule has 5 heteroatoms. The van der Waals surface area contributed by atoms with E-state index in [1.165, 1.54) is 6.08 Å². The van der Waals surface area contributed by atoms with Crippen LogP contribution in [0.1, 0.15) is 22.8 Å². The number of hydrogen-bond acceptors (Lipinski definition) is 3. The van der Waals surface area contributed by atoms with Crippen LogP contribution >= 0.6 is 11.8 Å². The second-order valence-corrected chi connectivity index (χ2v) is 5.43. The topological polar surface area (TPSA) is 57.6 Å². The van der Waals surface area contributed by atoms with Crippen molar-refractivity contribution in [1.82, 2.24) is 4.90 Å². The Kier molecular flexibility index (Phi) is 6.31. The number of hydrogen-bond donors (Lipinski definition) is 1. The van der Waals surface area contributed by atoms with E-state index in [1.807, 2.05) is 13.2 Å². The summed E-state index contributed by atoms with van der Waals surface area (Å²) in [5.41, 5.74) is 1.26. The Hall–Kier alpha value is -1.75. The second-order valence-electron chi connectivity index (χ2n) is 4.52. The van der Waals surface area contributed by atoms with E-state index in [1.54, 1.807) is 48.0 Å². The molecular formula is C15H19NO3S. The largest absolute Gasteiger partial charge is 0.478 e. The maximum absolute atomic E-state index is 12.3. The molecule has 1 aromatic rings. The number of nitrogens with zero attached hydrogens (tertiary/aromatic N) is 1. The van der Waals surface area contributed by atoms with Gasteiger partial charge in [-0.25, -0.2) is 4.79 Å². The Bertz CT molecular complexity index is 514. The van der Waals surface area contributed by atoms with Crippen LogP contribution in [-0.4, -0.2) is 47.0 Å². The number of thioether (sulfide) groups is 1. The predicted octanol–water partition coefficient (Wildman–Crippen LogP) is 2.61. The molecule has 1 N–H and O–H groups in total. The van der Waals surface area contributed by atoms with Gasteiger partial charge >= 0.3 is 5.97 Å². The van der Waals surface area contributed by atoms with Crippen molar-refractivity contribution in [1.29, 1.82) is 0 Å². The number of carbonyl (C=O) groups is 2. The van der Waals surface area contributed by atoms with Crippen molar-refractivity contribution in [2.24, 2.45) is 0 Å². The van der Waals surface area contributed by atoms with Gasteiger partial charge in [-0.15, -0.1) is 0 Å². The van der Waals surface area contributed by atoms with Crippen molar-refractivity contribution in [3.8, 4) is 0 Å². The fourth-order valence-corrected chi connectivity index (χ4v) is 2.41. The minimum atomic E-state index is -1.01. The normalized spacial score (nSPS) is 12.3. The maximum Gasteiger partial charge on any atom is 0.328 e. The summed E-state index contributed by atoms with van der Waals surface area (Å²) in [6, 6.07) is 7.10. The zero-order valence-electron chi connectivity index (χ0n) is 11.9. The van der Waals surface area contributed by atoms with Crippen LogP contribution in [0, 0.1) is 0 Å². The van der Waals surface area contributed by atoms with Crippen LogP contribution in [0.5, 0.6) is 0 Å². The molecule has 0 saturated heterocycles. The van der Waals surface area contributed by atoms with Crippen LogP contribution in [0.3, 0.4) is 0 Å². The van der Waals surface area contributed by atoms with Crippen molar-refractivity contribution in [2.75, 3.05) is 19.1 Å². The van der Waals surface area contributed by atoms with Gasteiger partial charge < -0.3 is 10.0 Å². The van der Waals surface area contributed by atoms with Gasteiger partial charge in [-0.05, 0) is 37.0 Å². The number of carboxylic acid groups (broad SMARTS) is 1. The van der Waals surface area contributed by atoms with Crippen LogP contribution < -0.4 is 0 Å². The van der Waals surface area contributed by atoms with E-state index in [-0.39, 0.29) is 11.9 Å². The van der Waals surface area contributed by atoms with Gasteiger partial charge in [0.1, 0.15) is 0 Å². The third-order valence-electron chi connectivity index (χ3n) is 2.94. The van der Waals surface area contributed by atoms with E-state index < -0.39 is 5.97 Å². The molecule has 0 radical (unpaired) electrons. The molecule has 0 saturated carbocycles. The summed E-state index contributed by atoms with van der Waals surface area (Å²) in [5, 5.41) is 8.61. The Labute approximate surface area is 123 Å². The van der Waals surface area contributed by atoms with Crippen LogP contribution in [0.2, 0.25) is 0 Å². The molecule has 0 fully saturated rings. The number of rotatable bonds is 6. The molecule has 0 bridgehead atoms. The number of benzene rings is 1. The Morgan fingerprint density at radius 2 is 2.15 bits per heavy atom. The van der Waals surface area contributed by atoms with E-state index in [0.29, 0.717) is 11.1 Å². The van der Waals surface area contributed by atoms with Gasteiger partial charge in [-0.3, -0.25) is 4.79 Å². The first-order valence-corrected chi connectivity index (χ1v) is 7.62. The molecule has 1 amide bonds. The summed E-state index contributed by atoms with van der Waals surface area (Å²) in [4.78, 5) is 24.5. The van der Waals surface area contributed by atoms with Crippen LogP contribution in [0.25, 0.3) is 6.08 Å². The molecule has 1 aromatic carbocycles. The lowest BCUT2D eigenvalue weighted by Crippen LogP contribution is -2.36. The van der Waals surface area contributed by atoms with Crippen molar-refractivity contribution in [3.63, 3.8) is 0 Å². The lowest BCUT2D eigenvalue weighted by Gasteiger charge is -2.24. The van der Waals surface area contributed by atoms with Crippen molar-refractivity contribution in [3.05, 3.63) is 41.5 Å². The van der Waals surface area contributed by atoms with Gasteiger partial charge in [0.2, 0.25) is 0 Å². The highest BCUT2D eigenvalue weighted by molar-refractivity contribution is 7.98. The molecule has 1 atom stereocenters. The van der Waals surface area contributed by atoms with E-state index in [4.69, 9.17) is 5.11 Å². The Morgan fingerprint density at radius 3 is 2.75 bits per heavy atom. The zero-order valence-corrected chi connectivity index (χ0v) is 12.7. The summed E-state index contributed by atoms with van der Waals surface area (Å²) in [5.74, 6) is -0.189. The highest BCUT2D eigenvalue weighted by Gasteiger charge is 2.16. The SMILES string of the molecule is CSCC(C)N(C)C(=O)c1cccc(/C=C/C(=O)O)c1. The maximum atomic E-state index is 12.3. The minimum Gasteiger partial charge on any atom is -0.478 e. The number of amides is 1. The Morgan fingerprint density at radius 1 is 1.45 bits per heavy atom. The summed E-state index contributed by atoms with van der Waals surface area (Å²) < 4.78 is 0. The van der Waals surface area contributed by atoms with Gasteiger partial charge in [-0.2, -0.15) is 11.8 Å². The Balaban J connectivity index is 2.88. The third-order valence-corrected chi connectivity index (χ3v) is 3.76. The molecule has 0 heterocycles. The lowest BCUT2D eigenvalue weighted by atomic mass is 10.1. The monoisotopic (exact) mass is 293 g/mol. The van der Waals surface area contributed by atoms with Crippen molar-refractivity contribution in [2.45, 2.75) is 13.0 Å². The first-order valence-electron chi connectivity index (χ1n) is 6.23. The summed E-state index contributed by atoms with van der Waals surface area (Å²) in [6.45, 7) is 2.00. The molecule has 0 aliphatic rings. The molecular weight excluding hydrogens is 274 g/mol. The van der Waals surface area contributed by atoms with E-state index in [0.717, 1.165) is 11.8 Å². The third kappa shape index (κ3) is 4.74. The molecule has 1 unspecified atom stereocenters. The highest BCUT2D eigenvalue weighted by atomic mass is 32.2. The van der Waals surface area contributed by atoms with Gasteiger partial charge in [0.25, 0.3) is 5.91 Å².